The number of likely N-dealkylation sites (tertiary alicyclic amines) is 1. The molecule has 47 heavy (non-hydrogen) atoms. The van der Waals surface area contributed by atoms with E-state index < -0.39 is 12.1 Å². The van der Waals surface area contributed by atoms with E-state index in [-0.39, 0.29) is 24.8 Å². The highest BCUT2D eigenvalue weighted by Crippen LogP contribution is 2.25. The maximum atomic E-state index is 12.5. The van der Waals surface area contributed by atoms with Crippen molar-refractivity contribution >= 4 is 34.5 Å². The first-order valence-corrected chi connectivity index (χ1v) is 17.3. The van der Waals surface area contributed by atoms with Gasteiger partial charge in [0.2, 0.25) is 17.7 Å². The number of aromatic nitrogens is 3. The molecule has 3 heterocycles. The fraction of sp³-hybridized carbons (Fsp3) is 0.618. The molecule has 1 saturated heterocycles. The van der Waals surface area contributed by atoms with E-state index in [1.807, 2.05) is 24.3 Å². The highest BCUT2D eigenvalue weighted by atomic mass is 16.4. The number of carboxylic acids is 1. The lowest BCUT2D eigenvalue weighted by atomic mass is 9.95. The van der Waals surface area contributed by atoms with Gasteiger partial charge in [-0.2, -0.15) is 4.98 Å². The highest BCUT2D eigenvalue weighted by molar-refractivity contribution is 5.90. The molecule has 1 saturated carbocycles. The van der Waals surface area contributed by atoms with Crippen molar-refractivity contribution in [3.05, 3.63) is 42.1 Å². The van der Waals surface area contributed by atoms with Crippen LogP contribution in [0, 0.1) is 0 Å². The zero-order valence-electron chi connectivity index (χ0n) is 27.3. The van der Waals surface area contributed by atoms with Crippen LogP contribution in [-0.4, -0.2) is 92.9 Å². The number of oxazole rings is 1. The van der Waals surface area contributed by atoms with Gasteiger partial charge in [-0.3, -0.25) is 4.79 Å². The van der Waals surface area contributed by atoms with E-state index >= 15 is 0 Å². The molecule has 13 heteroatoms. The number of rotatable bonds is 18. The van der Waals surface area contributed by atoms with Crippen molar-refractivity contribution in [2.45, 2.75) is 102 Å². The molecule has 1 aliphatic heterocycles. The molecule has 3 aromatic rings. The Morgan fingerprint density at radius 2 is 1.74 bits per heavy atom. The second-order valence-electron chi connectivity index (χ2n) is 12.7. The topological polar surface area (TPSA) is 178 Å². The summed E-state index contributed by atoms with van der Waals surface area (Å²) in [5.41, 5.74) is 1.75. The van der Waals surface area contributed by atoms with Crippen LogP contribution in [0.2, 0.25) is 0 Å². The Morgan fingerprint density at radius 3 is 2.55 bits per heavy atom. The summed E-state index contributed by atoms with van der Waals surface area (Å²) in [5, 5.41) is 33.3. The Labute approximate surface area is 276 Å². The van der Waals surface area contributed by atoms with Crippen molar-refractivity contribution in [2.75, 3.05) is 43.4 Å². The SMILES string of the molecule is O=C(O)[C@@H](O)CCC(=O)N1CCC(Nc2nc(NCc3nc(CCCNCCCNC4CCCCC4)co3)nc3ccccc23)CC1. The van der Waals surface area contributed by atoms with Gasteiger partial charge in [-0.25, -0.2) is 14.8 Å². The molecular formula is C34H50N8O5. The van der Waals surface area contributed by atoms with Crippen LogP contribution in [0.25, 0.3) is 10.9 Å². The molecule has 2 fully saturated rings. The summed E-state index contributed by atoms with van der Waals surface area (Å²) in [4.78, 5) is 39.2. The highest BCUT2D eigenvalue weighted by Gasteiger charge is 2.25. The van der Waals surface area contributed by atoms with Gasteiger partial charge in [-0.05, 0) is 83.1 Å². The molecule has 1 amide bonds. The van der Waals surface area contributed by atoms with Crippen molar-refractivity contribution in [1.29, 1.82) is 0 Å². The summed E-state index contributed by atoms with van der Waals surface area (Å²) in [6.45, 7) is 4.53. The fourth-order valence-electron chi connectivity index (χ4n) is 6.32. The van der Waals surface area contributed by atoms with Crippen LogP contribution in [0.4, 0.5) is 11.8 Å². The number of para-hydroxylation sites is 1. The maximum Gasteiger partial charge on any atom is 0.332 e. The predicted molar refractivity (Wildman–Crippen MR) is 180 cm³/mol. The molecule has 0 radical (unpaired) electrons. The summed E-state index contributed by atoms with van der Waals surface area (Å²) < 4.78 is 5.72. The lowest BCUT2D eigenvalue weighted by Gasteiger charge is -2.33. The first-order valence-electron chi connectivity index (χ1n) is 17.3. The number of benzene rings is 1. The molecule has 1 aliphatic carbocycles. The van der Waals surface area contributed by atoms with Crippen molar-refractivity contribution in [2.24, 2.45) is 0 Å². The number of aliphatic hydroxyl groups is 1. The zero-order valence-corrected chi connectivity index (χ0v) is 27.3. The molecule has 0 bridgehead atoms. The Kier molecular flexibility index (Phi) is 13.2. The molecule has 0 spiro atoms. The summed E-state index contributed by atoms with van der Waals surface area (Å²) >= 11 is 0. The largest absolute Gasteiger partial charge is 0.479 e. The number of amides is 1. The molecular weight excluding hydrogens is 600 g/mol. The molecule has 1 atom stereocenters. The predicted octanol–water partition coefficient (Wildman–Crippen LogP) is 3.69. The second kappa shape index (κ2) is 17.9. The Morgan fingerprint density at radius 1 is 0.957 bits per heavy atom. The van der Waals surface area contributed by atoms with Crippen LogP contribution in [0.15, 0.2) is 34.9 Å². The number of carbonyl (C=O) groups excluding carboxylic acids is 1. The van der Waals surface area contributed by atoms with Gasteiger partial charge in [0.1, 0.15) is 12.1 Å². The zero-order chi connectivity index (χ0) is 32.8. The number of fused-ring (bicyclic) bond motifs is 1. The standard InChI is InChI=1S/C34H50N8O5/c43-29(33(45)46)13-14-31(44)42-20-15-25(16-21-42)39-32-27-11-4-5-12-28(27)40-34(41-32)37-22-30-38-26(23-47-30)10-6-17-35-18-7-19-36-24-8-2-1-3-9-24/h4-5,11-12,23-25,29,35-36,43H,1-3,6-10,13-22H2,(H,45,46)(H2,37,39,40,41)/t29-/m0/s1. The van der Waals surface area contributed by atoms with Gasteiger partial charge < -0.3 is 40.8 Å². The average molecular weight is 651 g/mol. The lowest BCUT2D eigenvalue weighted by Crippen LogP contribution is -2.42. The van der Waals surface area contributed by atoms with Gasteiger partial charge in [0.25, 0.3) is 0 Å². The molecule has 0 unspecified atom stereocenters. The molecule has 2 aromatic heterocycles. The number of carbonyl (C=O) groups is 2. The number of anilines is 2. The number of nitrogens with one attached hydrogen (secondary N) is 4. The number of nitrogens with zero attached hydrogens (tertiary/aromatic N) is 4. The second-order valence-corrected chi connectivity index (χ2v) is 12.7. The summed E-state index contributed by atoms with van der Waals surface area (Å²) in [7, 11) is 0. The normalized spacial score (nSPS) is 16.7. The molecule has 5 rings (SSSR count). The molecule has 1 aromatic carbocycles. The van der Waals surface area contributed by atoms with Crippen LogP contribution < -0.4 is 21.3 Å². The van der Waals surface area contributed by atoms with Crippen molar-refractivity contribution in [1.82, 2.24) is 30.5 Å². The van der Waals surface area contributed by atoms with Gasteiger partial charge in [0.15, 0.2) is 6.10 Å². The molecule has 6 N–H and O–H groups in total. The van der Waals surface area contributed by atoms with E-state index in [4.69, 9.17) is 19.5 Å². The molecule has 256 valence electrons. The minimum atomic E-state index is -1.52. The molecule has 2 aliphatic rings. The van der Waals surface area contributed by atoms with Crippen molar-refractivity contribution in [3.63, 3.8) is 0 Å². The van der Waals surface area contributed by atoms with E-state index in [2.05, 4.69) is 26.3 Å². The lowest BCUT2D eigenvalue weighted by molar-refractivity contribution is -0.147. The Balaban J connectivity index is 1.03. The van der Waals surface area contributed by atoms with E-state index in [1.54, 1.807) is 11.2 Å². The number of aliphatic carboxylic acids is 1. The number of aryl methyl sites for hydroxylation is 1. The van der Waals surface area contributed by atoms with Gasteiger partial charge in [0.05, 0.1) is 17.8 Å². The average Bonchev–Trinajstić information content (AvgIpc) is 3.55. The van der Waals surface area contributed by atoms with E-state index in [1.165, 1.54) is 32.1 Å². The number of hydrogen-bond donors (Lipinski definition) is 6. The first-order chi connectivity index (χ1) is 22.9. The van der Waals surface area contributed by atoms with Crippen molar-refractivity contribution in [3.8, 4) is 0 Å². The van der Waals surface area contributed by atoms with Crippen LogP contribution >= 0.6 is 0 Å². The van der Waals surface area contributed by atoms with E-state index in [0.29, 0.717) is 31.5 Å². The number of piperidine rings is 1. The van der Waals surface area contributed by atoms with Crippen LogP contribution in [0.1, 0.15) is 82.2 Å². The summed E-state index contributed by atoms with van der Waals surface area (Å²) in [6, 6.07) is 8.66. The van der Waals surface area contributed by atoms with E-state index in [0.717, 1.165) is 80.2 Å². The van der Waals surface area contributed by atoms with Gasteiger partial charge in [-0.15, -0.1) is 0 Å². The number of aliphatic hydroxyl groups excluding tert-OH is 1. The van der Waals surface area contributed by atoms with Crippen LogP contribution in [0.5, 0.6) is 0 Å². The van der Waals surface area contributed by atoms with Crippen molar-refractivity contribution < 1.29 is 24.2 Å². The molecule has 13 nitrogen and oxygen atoms in total. The summed E-state index contributed by atoms with van der Waals surface area (Å²) in [5.74, 6) is 0.331. The smallest absolute Gasteiger partial charge is 0.332 e. The van der Waals surface area contributed by atoms with Gasteiger partial charge in [0, 0.05) is 37.0 Å². The van der Waals surface area contributed by atoms with Crippen LogP contribution in [0.3, 0.4) is 0 Å². The number of carboxylic acid groups (broad SMARTS) is 1. The third-order valence-electron chi connectivity index (χ3n) is 9.06. The monoisotopic (exact) mass is 650 g/mol. The van der Waals surface area contributed by atoms with Crippen LogP contribution in [-0.2, 0) is 22.6 Å². The minimum absolute atomic E-state index is 0.0127. The van der Waals surface area contributed by atoms with Gasteiger partial charge in [-0.1, -0.05) is 31.4 Å². The maximum absolute atomic E-state index is 12.5. The van der Waals surface area contributed by atoms with Gasteiger partial charge >= 0.3 is 5.97 Å². The third-order valence-corrected chi connectivity index (χ3v) is 9.06. The fourth-order valence-corrected chi connectivity index (χ4v) is 6.32. The Hall–Kier alpha value is -3.81. The minimum Gasteiger partial charge on any atom is -0.479 e. The summed E-state index contributed by atoms with van der Waals surface area (Å²) in [6.07, 6.45) is 11.4. The quantitative estimate of drug-likeness (QED) is 0.110. The Bertz CT molecular complexity index is 1420. The number of hydrogen-bond acceptors (Lipinski definition) is 11. The third kappa shape index (κ3) is 10.9. The first kappa shape index (κ1) is 34.5. The van der Waals surface area contributed by atoms with E-state index in [9.17, 15) is 14.7 Å².